The van der Waals surface area contributed by atoms with Gasteiger partial charge in [0.2, 0.25) is 5.91 Å². The number of aryl methyl sites for hydroxylation is 1. The highest BCUT2D eigenvalue weighted by Gasteiger charge is 2.08. The number of nitrogens with zero attached hydrogens (tertiary/aromatic N) is 1. The van der Waals surface area contributed by atoms with E-state index in [0.717, 1.165) is 35.2 Å². The molecule has 1 aromatic heterocycles. The summed E-state index contributed by atoms with van der Waals surface area (Å²) in [7, 11) is 0. The molecule has 0 spiro atoms. The van der Waals surface area contributed by atoms with Crippen molar-refractivity contribution < 1.29 is 13.6 Å². The number of aromatic nitrogens is 2. The molecule has 106 valence electrons. The summed E-state index contributed by atoms with van der Waals surface area (Å²) in [4.78, 5) is 11.9. The van der Waals surface area contributed by atoms with E-state index >= 15 is 0 Å². The van der Waals surface area contributed by atoms with Crippen LogP contribution in [0.3, 0.4) is 0 Å². The van der Waals surface area contributed by atoms with E-state index in [1.54, 1.807) is 6.20 Å². The maximum Gasteiger partial charge on any atom is 0.230 e. The Morgan fingerprint density at radius 1 is 1.45 bits per heavy atom. The van der Waals surface area contributed by atoms with Gasteiger partial charge in [0.25, 0.3) is 0 Å². The molecule has 0 radical (unpaired) electrons. The fraction of sp³-hybridized carbons (Fsp3) is 0.231. The van der Waals surface area contributed by atoms with E-state index in [1.807, 2.05) is 6.92 Å². The summed E-state index contributed by atoms with van der Waals surface area (Å²) >= 11 is 1.03. The number of halogens is 2. The van der Waals surface area contributed by atoms with Crippen LogP contribution >= 0.6 is 11.8 Å². The number of amides is 1. The number of carbonyl (C=O) groups excluding carboxylic acids is 1. The number of hydrogen-bond donors (Lipinski definition) is 2. The fourth-order valence-electron chi connectivity index (χ4n) is 1.53. The van der Waals surface area contributed by atoms with Crippen molar-refractivity contribution in [3.05, 3.63) is 47.3 Å². The lowest BCUT2D eigenvalue weighted by molar-refractivity contribution is -0.118. The minimum Gasteiger partial charge on any atom is -0.351 e. The molecule has 0 aliphatic carbocycles. The van der Waals surface area contributed by atoms with Gasteiger partial charge >= 0.3 is 0 Å². The minimum atomic E-state index is -0.659. The van der Waals surface area contributed by atoms with E-state index < -0.39 is 11.6 Å². The lowest BCUT2D eigenvalue weighted by Gasteiger charge is -2.05. The molecule has 4 nitrogen and oxygen atoms in total. The Morgan fingerprint density at radius 2 is 2.25 bits per heavy atom. The highest BCUT2D eigenvalue weighted by atomic mass is 32.2. The van der Waals surface area contributed by atoms with Crippen LogP contribution in [0.25, 0.3) is 0 Å². The number of H-pyrrole nitrogens is 1. The molecule has 20 heavy (non-hydrogen) atoms. The van der Waals surface area contributed by atoms with Crippen LogP contribution in [0.1, 0.15) is 11.3 Å². The number of nitrogens with one attached hydrogen (secondary N) is 2. The Hall–Kier alpha value is -1.89. The first-order valence-corrected chi connectivity index (χ1v) is 6.88. The summed E-state index contributed by atoms with van der Waals surface area (Å²) in [5.41, 5.74) is 1.79. The lowest BCUT2D eigenvalue weighted by Crippen LogP contribution is -2.24. The second kappa shape index (κ2) is 6.51. The van der Waals surface area contributed by atoms with Gasteiger partial charge in [-0.15, -0.1) is 11.8 Å². The van der Waals surface area contributed by atoms with E-state index in [4.69, 9.17) is 0 Å². The van der Waals surface area contributed by atoms with E-state index in [-0.39, 0.29) is 16.6 Å². The van der Waals surface area contributed by atoms with Crippen molar-refractivity contribution in [3.8, 4) is 0 Å². The summed E-state index contributed by atoms with van der Waals surface area (Å²) in [6.07, 6.45) is 1.64. The molecule has 0 atom stereocenters. The Morgan fingerprint density at radius 3 is 2.90 bits per heavy atom. The molecule has 2 N–H and O–H groups in total. The quantitative estimate of drug-likeness (QED) is 0.833. The number of carbonyl (C=O) groups is 1. The van der Waals surface area contributed by atoms with Crippen molar-refractivity contribution in [1.82, 2.24) is 15.5 Å². The van der Waals surface area contributed by atoms with E-state index in [1.165, 1.54) is 6.07 Å². The van der Waals surface area contributed by atoms with Gasteiger partial charge in [-0.1, -0.05) is 0 Å². The van der Waals surface area contributed by atoms with Gasteiger partial charge in [-0.2, -0.15) is 5.10 Å². The molecule has 1 amide bonds. The van der Waals surface area contributed by atoms with Gasteiger partial charge in [-0.05, 0) is 19.1 Å². The monoisotopic (exact) mass is 297 g/mol. The smallest absolute Gasteiger partial charge is 0.230 e. The number of aromatic amines is 1. The van der Waals surface area contributed by atoms with Gasteiger partial charge in [-0.25, -0.2) is 8.78 Å². The van der Waals surface area contributed by atoms with Crippen LogP contribution < -0.4 is 5.32 Å². The summed E-state index contributed by atoms with van der Waals surface area (Å²) in [5, 5.41) is 9.33. The van der Waals surface area contributed by atoms with Crippen LogP contribution in [0.4, 0.5) is 8.78 Å². The van der Waals surface area contributed by atoms with E-state index in [9.17, 15) is 13.6 Å². The Balaban J connectivity index is 1.82. The fourth-order valence-corrected chi connectivity index (χ4v) is 2.28. The van der Waals surface area contributed by atoms with Crippen molar-refractivity contribution in [2.45, 2.75) is 18.4 Å². The Kier molecular flexibility index (Phi) is 4.73. The van der Waals surface area contributed by atoms with Gasteiger partial charge < -0.3 is 5.32 Å². The van der Waals surface area contributed by atoms with Crippen LogP contribution in [0.5, 0.6) is 0 Å². The SMILES string of the molecule is Cc1[nH]ncc1CNC(=O)CSc1ccc(F)cc1F. The normalized spacial score (nSPS) is 10.6. The molecular formula is C13H13F2N3OS. The highest BCUT2D eigenvalue weighted by Crippen LogP contribution is 2.22. The Bertz CT molecular complexity index is 615. The van der Waals surface area contributed by atoms with Crippen LogP contribution in [-0.2, 0) is 11.3 Å². The van der Waals surface area contributed by atoms with Crippen LogP contribution in [0.15, 0.2) is 29.3 Å². The van der Waals surface area contributed by atoms with Gasteiger partial charge in [0, 0.05) is 28.8 Å². The van der Waals surface area contributed by atoms with E-state index in [2.05, 4.69) is 15.5 Å². The van der Waals surface area contributed by atoms with Crippen LogP contribution in [0.2, 0.25) is 0 Å². The van der Waals surface area contributed by atoms with Gasteiger partial charge in [0.15, 0.2) is 0 Å². The molecule has 2 rings (SSSR count). The van der Waals surface area contributed by atoms with Crippen molar-refractivity contribution in [3.63, 3.8) is 0 Å². The molecular weight excluding hydrogens is 284 g/mol. The van der Waals surface area contributed by atoms with Crippen LogP contribution in [-0.4, -0.2) is 21.9 Å². The van der Waals surface area contributed by atoms with Gasteiger partial charge in [0.05, 0.1) is 11.9 Å². The first-order valence-electron chi connectivity index (χ1n) is 5.89. The molecule has 0 saturated carbocycles. The third-order valence-corrected chi connectivity index (χ3v) is 3.71. The van der Waals surface area contributed by atoms with Crippen molar-refractivity contribution in [1.29, 1.82) is 0 Å². The molecule has 1 aromatic carbocycles. The standard InChI is InChI=1S/C13H13F2N3OS/c1-8-9(6-17-18-8)5-16-13(19)7-20-12-3-2-10(14)4-11(12)15/h2-4,6H,5,7H2,1H3,(H,16,19)(H,17,18). The van der Waals surface area contributed by atoms with Crippen molar-refractivity contribution in [2.24, 2.45) is 0 Å². The summed E-state index contributed by atoms with van der Waals surface area (Å²) in [5.74, 6) is -1.45. The number of rotatable bonds is 5. The average Bonchev–Trinajstić information content (AvgIpc) is 2.81. The van der Waals surface area contributed by atoms with Gasteiger partial charge in [-0.3, -0.25) is 9.89 Å². The first-order chi connectivity index (χ1) is 9.56. The predicted octanol–water partition coefficient (Wildman–Crippen LogP) is 2.40. The summed E-state index contributed by atoms with van der Waals surface area (Å²) < 4.78 is 26.1. The zero-order chi connectivity index (χ0) is 14.5. The third-order valence-electron chi connectivity index (χ3n) is 2.66. The molecule has 2 aromatic rings. The maximum atomic E-state index is 13.4. The minimum absolute atomic E-state index is 0.0689. The largest absolute Gasteiger partial charge is 0.351 e. The number of hydrogen-bond acceptors (Lipinski definition) is 3. The number of thioether (sulfide) groups is 1. The summed E-state index contributed by atoms with van der Waals surface area (Å²) in [6.45, 7) is 2.23. The predicted molar refractivity (Wildman–Crippen MR) is 72.3 cm³/mol. The first kappa shape index (κ1) is 14.5. The molecule has 0 saturated heterocycles. The van der Waals surface area contributed by atoms with Crippen LogP contribution in [0, 0.1) is 18.6 Å². The average molecular weight is 297 g/mol. The number of benzene rings is 1. The molecule has 1 heterocycles. The van der Waals surface area contributed by atoms with Crippen molar-refractivity contribution in [2.75, 3.05) is 5.75 Å². The zero-order valence-electron chi connectivity index (χ0n) is 10.7. The molecule has 0 bridgehead atoms. The topological polar surface area (TPSA) is 57.8 Å². The molecule has 0 fully saturated rings. The second-order valence-corrected chi connectivity index (χ2v) is 5.18. The molecule has 7 heteroatoms. The zero-order valence-corrected chi connectivity index (χ0v) is 11.6. The molecule has 0 aliphatic rings. The highest BCUT2D eigenvalue weighted by molar-refractivity contribution is 8.00. The summed E-state index contributed by atoms with van der Waals surface area (Å²) in [6, 6.07) is 3.29. The molecule has 0 aliphatic heterocycles. The van der Waals surface area contributed by atoms with E-state index in [0.29, 0.717) is 6.54 Å². The lowest BCUT2D eigenvalue weighted by atomic mass is 10.3. The molecule has 0 unspecified atom stereocenters. The third kappa shape index (κ3) is 3.80. The van der Waals surface area contributed by atoms with Gasteiger partial charge in [0.1, 0.15) is 11.6 Å². The maximum absolute atomic E-state index is 13.4. The Labute approximate surface area is 119 Å². The second-order valence-electron chi connectivity index (χ2n) is 4.16. The van der Waals surface area contributed by atoms with Crippen molar-refractivity contribution >= 4 is 17.7 Å².